The van der Waals surface area contributed by atoms with Gasteiger partial charge in [0.05, 0.1) is 0 Å². The number of aromatic nitrogens is 3. The van der Waals surface area contributed by atoms with Crippen molar-refractivity contribution in [3.05, 3.63) is 52.5 Å². The van der Waals surface area contributed by atoms with E-state index in [2.05, 4.69) is 26.2 Å². The Morgan fingerprint density at radius 1 is 1.21 bits per heavy atom. The summed E-state index contributed by atoms with van der Waals surface area (Å²) in [6.45, 7) is 0.525. The molecule has 0 aliphatic carbocycles. The zero-order valence-corrected chi connectivity index (χ0v) is 12.0. The van der Waals surface area contributed by atoms with Gasteiger partial charge in [-0.2, -0.15) is 0 Å². The van der Waals surface area contributed by atoms with E-state index in [-0.39, 0.29) is 0 Å². The van der Waals surface area contributed by atoms with Crippen LogP contribution >= 0.6 is 15.9 Å². The molecule has 0 unspecified atom stereocenters. The van der Waals surface area contributed by atoms with Crippen molar-refractivity contribution in [3.8, 4) is 5.75 Å². The summed E-state index contributed by atoms with van der Waals surface area (Å²) >= 11 is 3.46. The number of hydrogen-bond acceptors (Lipinski definition) is 3. The zero-order valence-electron chi connectivity index (χ0n) is 10.4. The van der Waals surface area contributed by atoms with E-state index in [0.29, 0.717) is 6.61 Å². The van der Waals surface area contributed by atoms with E-state index >= 15 is 0 Å². The molecule has 0 atom stereocenters. The van der Waals surface area contributed by atoms with Crippen molar-refractivity contribution in [1.82, 2.24) is 15.0 Å². The Hall–Kier alpha value is -1.88. The average molecular weight is 318 g/mol. The summed E-state index contributed by atoms with van der Waals surface area (Å²) in [6, 6.07) is 13.9. The molecule has 0 bridgehead atoms. The Labute approximate surface area is 119 Å². The van der Waals surface area contributed by atoms with Gasteiger partial charge in [0.15, 0.2) is 0 Å². The molecule has 0 aliphatic heterocycles. The zero-order chi connectivity index (χ0) is 13.2. The fourth-order valence-corrected chi connectivity index (χ4v) is 2.39. The van der Waals surface area contributed by atoms with Gasteiger partial charge in [-0.05, 0) is 17.7 Å². The van der Waals surface area contributed by atoms with E-state index < -0.39 is 0 Å². The molecule has 0 fully saturated rings. The predicted molar refractivity (Wildman–Crippen MR) is 77.0 cm³/mol. The van der Waals surface area contributed by atoms with Crippen LogP contribution in [0, 0.1) is 0 Å². The van der Waals surface area contributed by atoms with Crippen molar-refractivity contribution in [3.63, 3.8) is 0 Å². The first-order valence-electron chi connectivity index (χ1n) is 5.90. The van der Waals surface area contributed by atoms with Gasteiger partial charge in [0.2, 0.25) is 0 Å². The van der Waals surface area contributed by atoms with E-state index in [1.165, 1.54) is 0 Å². The van der Waals surface area contributed by atoms with Crippen LogP contribution in [-0.2, 0) is 13.7 Å². The van der Waals surface area contributed by atoms with Gasteiger partial charge >= 0.3 is 0 Å². The van der Waals surface area contributed by atoms with Crippen LogP contribution in [0.2, 0.25) is 0 Å². The molecule has 3 rings (SSSR count). The third kappa shape index (κ3) is 2.46. The lowest BCUT2D eigenvalue weighted by atomic mass is 10.2. The number of fused-ring (bicyclic) bond motifs is 1. The highest BCUT2D eigenvalue weighted by atomic mass is 79.9. The second-order valence-corrected chi connectivity index (χ2v) is 5.17. The second kappa shape index (κ2) is 5.01. The summed E-state index contributed by atoms with van der Waals surface area (Å²) in [7, 11) is 1.86. The Balaban J connectivity index is 1.94. The topological polar surface area (TPSA) is 39.9 Å². The normalized spacial score (nSPS) is 10.8. The molecular formula is C14H12BrN3O. The molecule has 3 aromatic rings. The summed E-state index contributed by atoms with van der Waals surface area (Å²) in [5.74, 6) is 0.778. The summed E-state index contributed by atoms with van der Waals surface area (Å²) in [4.78, 5) is 0. The fraction of sp³-hybridized carbons (Fsp3) is 0.143. The minimum atomic E-state index is 0.525. The van der Waals surface area contributed by atoms with Crippen molar-refractivity contribution < 1.29 is 4.74 Å². The number of halogens is 1. The molecule has 1 aromatic heterocycles. The van der Waals surface area contributed by atoms with Crippen LogP contribution < -0.4 is 4.74 Å². The molecule has 2 aromatic carbocycles. The molecule has 96 valence electrons. The van der Waals surface area contributed by atoms with Crippen LogP contribution in [0.15, 0.2) is 46.9 Å². The third-order valence-corrected chi connectivity index (χ3v) is 3.32. The van der Waals surface area contributed by atoms with Crippen molar-refractivity contribution in [1.29, 1.82) is 0 Å². The van der Waals surface area contributed by atoms with Gasteiger partial charge in [-0.15, -0.1) is 5.10 Å². The first-order valence-corrected chi connectivity index (χ1v) is 6.69. The maximum atomic E-state index is 5.89. The summed E-state index contributed by atoms with van der Waals surface area (Å²) < 4.78 is 8.55. The number of hydrogen-bond donors (Lipinski definition) is 0. The van der Waals surface area contributed by atoms with Gasteiger partial charge in [-0.25, -0.2) is 4.68 Å². The Bertz CT molecular complexity index is 709. The molecule has 4 nitrogen and oxygen atoms in total. The van der Waals surface area contributed by atoms with Gasteiger partial charge in [0, 0.05) is 11.5 Å². The lowest BCUT2D eigenvalue weighted by Crippen LogP contribution is -1.98. The average Bonchev–Trinajstić information content (AvgIpc) is 2.79. The van der Waals surface area contributed by atoms with Crippen LogP contribution in [-0.4, -0.2) is 15.0 Å². The summed E-state index contributed by atoms with van der Waals surface area (Å²) in [6.07, 6.45) is 0. The standard InChI is InChI=1S/C14H12BrN3O/c1-18-14-12(16-17-18)7-11(15)8-13(14)19-9-10-5-3-2-4-6-10/h2-8H,9H2,1H3. The van der Waals surface area contributed by atoms with E-state index in [9.17, 15) is 0 Å². The van der Waals surface area contributed by atoms with E-state index in [0.717, 1.165) is 26.8 Å². The highest BCUT2D eigenvalue weighted by molar-refractivity contribution is 9.10. The molecule has 5 heteroatoms. The van der Waals surface area contributed by atoms with Crippen LogP contribution in [0.4, 0.5) is 0 Å². The minimum absolute atomic E-state index is 0.525. The van der Waals surface area contributed by atoms with Crippen LogP contribution in [0.25, 0.3) is 11.0 Å². The van der Waals surface area contributed by atoms with E-state index in [1.54, 1.807) is 4.68 Å². The van der Waals surface area contributed by atoms with Gasteiger partial charge in [-0.1, -0.05) is 51.5 Å². The van der Waals surface area contributed by atoms with E-state index in [4.69, 9.17) is 4.74 Å². The molecule has 0 N–H and O–H groups in total. The summed E-state index contributed by atoms with van der Waals surface area (Å²) in [5.41, 5.74) is 2.85. The number of benzene rings is 2. The lowest BCUT2D eigenvalue weighted by Gasteiger charge is -2.08. The van der Waals surface area contributed by atoms with Crippen molar-refractivity contribution in [2.24, 2.45) is 7.05 Å². The van der Waals surface area contributed by atoms with Gasteiger partial charge < -0.3 is 4.74 Å². The van der Waals surface area contributed by atoms with Gasteiger partial charge in [-0.3, -0.25) is 0 Å². The van der Waals surface area contributed by atoms with Crippen molar-refractivity contribution in [2.45, 2.75) is 6.61 Å². The molecule has 19 heavy (non-hydrogen) atoms. The number of nitrogens with zero attached hydrogens (tertiary/aromatic N) is 3. The quantitative estimate of drug-likeness (QED) is 0.744. The molecular weight excluding hydrogens is 306 g/mol. The van der Waals surface area contributed by atoms with Crippen LogP contribution in [0.3, 0.4) is 0 Å². The molecule has 0 spiro atoms. The Kier molecular flexibility index (Phi) is 3.21. The van der Waals surface area contributed by atoms with Gasteiger partial charge in [0.1, 0.15) is 23.4 Å². The molecule has 0 radical (unpaired) electrons. The first kappa shape index (κ1) is 12.2. The molecule has 0 amide bonds. The predicted octanol–water partition coefficient (Wildman–Crippen LogP) is 3.31. The van der Waals surface area contributed by atoms with Crippen LogP contribution in [0.1, 0.15) is 5.56 Å². The van der Waals surface area contributed by atoms with Crippen LogP contribution in [0.5, 0.6) is 5.75 Å². The number of ether oxygens (including phenoxy) is 1. The minimum Gasteiger partial charge on any atom is -0.487 e. The molecule has 0 saturated carbocycles. The molecule has 0 saturated heterocycles. The first-order chi connectivity index (χ1) is 9.24. The number of aryl methyl sites for hydroxylation is 1. The highest BCUT2D eigenvalue weighted by Crippen LogP contribution is 2.29. The Morgan fingerprint density at radius 2 is 2.00 bits per heavy atom. The van der Waals surface area contributed by atoms with Crippen molar-refractivity contribution >= 4 is 27.0 Å². The van der Waals surface area contributed by atoms with Gasteiger partial charge in [0.25, 0.3) is 0 Å². The molecule has 1 heterocycles. The lowest BCUT2D eigenvalue weighted by molar-refractivity contribution is 0.308. The SMILES string of the molecule is Cn1nnc2cc(Br)cc(OCc3ccccc3)c21. The second-order valence-electron chi connectivity index (χ2n) is 4.26. The van der Waals surface area contributed by atoms with E-state index in [1.807, 2.05) is 49.5 Å². The smallest absolute Gasteiger partial charge is 0.148 e. The molecule has 0 aliphatic rings. The highest BCUT2D eigenvalue weighted by Gasteiger charge is 2.10. The third-order valence-electron chi connectivity index (χ3n) is 2.87. The Morgan fingerprint density at radius 3 is 2.79 bits per heavy atom. The maximum Gasteiger partial charge on any atom is 0.148 e. The summed E-state index contributed by atoms with van der Waals surface area (Å²) in [5, 5.41) is 8.12. The monoisotopic (exact) mass is 317 g/mol. The largest absolute Gasteiger partial charge is 0.487 e. The van der Waals surface area contributed by atoms with Crippen molar-refractivity contribution in [2.75, 3.05) is 0 Å². The number of rotatable bonds is 3. The maximum absolute atomic E-state index is 5.89. The fourth-order valence-electron chi connectivity index (χ4n) is 1.97.